The Kier molecular flexibility index (Phi) is 7.31. The highest BCUT2D eigenvalue weighted by Gasteiger charge is 2.27. The first-order valence-corrected chi connectivity index (χ1v) is 12.5. The molecule has 1 saturated heterocycles. The molecule has 1 heterocycles. The van der Waals surface area contributed by atoms with Crippen molar-refractivity contribution in [2.75, 3.05) is 26.7 Å². The van der Waals surface area contributed by atoms with Crippen LogP contribution in [-0.2, 0) is 16.4 Å². The van der Waals surface area contributed by atoms with E-state index in [1.165, 1.54) is 6.07 Å². The Labute approximate surface area is 193 Å². The second-order valence-corrected chi connectivity index (χ2v) is 10.1. The first kappa shape index (κ1) is 23.7. The van der Waals surface area contributed by atoms with E-state index in [4.69, 9.17) is 4.74 Å². The van der Waals surface area contributed by atoms with Crippen LogP contribution in [0, 0.1) is 0 Å². The number of nitrogens with zero attached hydrogens (tertiary/aromatic N) is 1. The van der Waals surface area contributed by atoms with Gasteiger partial charge in [-0.2, -0.15) is 8.78 Å². The molecule has 1 unspecified atom stereocenters. The molecule has 2 aromatic rings. The average Bonchev–Trinajstić information content (AvgIpc) is 3.33. The van der Waals surface area contributed by atoms with Gasteiger partial charge in [0.05, 0.1) is 12.0 Å². The van der Waals surface area contributed by atoms with Crippen molar-refractivity contribution in [3.05, 3.63) is 64.1 Å². The van der Waals surface area contributed by atoms with E-state index in [2.05, 4.69) is 14.4 Å². The maximum atomic E-state index is 13.1. The molecule has 1 fully saturated rings. The highest BCUT2D eigenvalue weighted by atomic mass is 32.2. The molecule has 178 valence electrons. The van der Waals surface area contributed by atoms with E-state index in [1.54, 1.807) is 25.3 Å². The van der Waals surface area contributed by atoms with E-state index in [-0.39, 0.29) is 18.3 Å². The number of alkyl halides is 2. The van der Waals surface area contributed by atoms with Gasteiger partial charge in [0.1, 0.15) is 11.5 Å². The molecule has 0 spiro atoms. The number of methoxy groups -OCH3 is 1. The third kappa shape index (κ3) is 5.72. The summed E-state index contributed by atoms with van der Waals surface area (Å²) in [6.07, 6.45) is 4.55. The molecule has 0 amide bonds. The molecule has 1 atom stereocenters. The van der Waals surface area contributed by atoms with Gasteiger partial charge < -0.3 is 9.47 Å². The zero-order valence-electron chi connectivity index (χ0n) is 18.5. The summed E-state index contributed by atoms with van der Waals surface area (Å²) in [5.74, 6) is 0.835. The summed E-state index contributed by atoms with van der Waals surface area (Å²) < 4.78 is 63.7. The highest BCUT2D eigenvalue weighted by Crippen LogP contribution is 2.31. The number of nitrogens with one attached hydrogen (secondary N) is 1. The molecule has 1 aliphatic carbocycles. The minimum atomic E-state index is -3.69. The van der Waals surface area contributed by atoms with E-state index in [1.807, 2.05) is 24.3 Å². The first-order valence-electron chi connectivity index (χ1n) is 11.0. The fourth-order valence-corrected chi connectivity index (χ4v) is 5.67. The number of allylic oxidation sites excluding steroid dienone is 1. The molecule has 0 bridgehead atoms. The number of hydrogen-bond acceptors (Lipinski definition) is 5. The minimum absolute atomic E-state index is 0.0706. The standard InChI is InChI=1S/C24H28F2N2O4S/c1-31-20-8-4-17(5-9-20)23(28-12-2-3-13-28)16-27-33(29,30)22-11-7-18-14-21(32-24(25)26)10-6-19(18)15-22/h4-6,8-10,14-15,23-24,27H,2-3,7,11-13,16H2,1H3. The Morgan fingerprint density at radius 1 is 1.03 bits per heavy atom. The van der Waals surface area contributed by atoms with E-state index in [0.717, 1.165) is 42.8 Å². The van der Waals surface area contributed by atoms with Gasteiger partial charge in [0, 0.05) is 12.6 Å². The summed E-state index contributed by atoms with van der Waals surface area (Å²) >= 11 is 0. The molecule has 33 heavy (non-hydrogen) atoms. The molecule has 0 aromatic heterocycles. The van der Waals surface area contributed by atoms with Gasteiger partial charge in [0.2, 0.25) is 10.0 Å². The van der Waals surface area contributed by atoms with Crippen LogP contribution in [0.1, 0.15) is 42.0 Å². The second kappa shape index (κ2) is 10.2. The zero-order chi connectivity index (χ0) is 23.4. The fraction of sp³-hybridized carbons (Fsp3) is 0.417. The molecule has 0 radical (unpaired) electrons. The third-order valence-corrected chi connectivity index (χ3v) is 7.75. The van der Waals surface area contributed by atoms with Gasteiger partial charge in [0.25, 0.3) is 0 Å². The molecule has 4 rings (SSSR count). The number of aryl methyl sites for hydroxylation is 1. The van der Waals surface area contributed by atoms with E-state index < -0.39 is 16.6 Å². The van der Waals surface area contributed by atoms with Crippen LogP contribution in [0.2, 0.25) is 0 Å². The summed E-state index contributed by atoms with van der Waals surface area (Å²) in [5, 5.41) is 0. The van der Waals surface area contributed by atoms with Gasteiger partial charge in [-0.05, 0) is 85.8 Å². The first-order chi connectivity index (χ1) is 15.9. The summed E-state index contributed by atoms with van der Waals surface area (Å²) in [6, 6.07) is 12.2. The SMILES string of the molecule is COc1ccc(C(CNS(=O)(=O)C2=Cc3ccc(OC(F)F)cc3CC2)N2CCCC2)cc1. The van der Waals surface area contributed by atoms with Crippen LogP contribution in [0.5, 0.6) is 11.5 Å². The second-order valence-electron chi connectivity index (χ2n) is 8.23. The van der Waals surface area contributed by atoms with Crippen molar-refractivity contribution < 1.29 is 26.7 Å². The number of hydrogen-bond donors (Lipinski definition) is 1. The minimum Gasteiger partial charge on any atom is -0.497 e. The smallest absolute Gasteiger partial charge is 0.387 e. The maximum absolute atomic E-state index is 13.1. The molecule has 1 aliphatic heterocycles. The quantitative estimate of drug-likeness (QED) is 0.581. The molecule has 2 aliphatic rings. The van der Waals surface area contributed by atoms with Crippen molar-refractivity contribution in [1.29, 1.82) is 0 Å². The molecule has 2 aromatic carbocycles. The summed E-state index contributed by atoms with van der Waals surface area (Å²) in [5.41, 5.74) is 2.53. The van der Waals surface area contributed by atoms with Crippen LogP contribution < -0.4 is 14.2 Å². The van der Waals surface area contributed by atoms with Gasteiger partial charge in [-0.15, -0.1) is 0 Å². The number of ether oxygens (including phenoxy) is 2. The largest absolute Gasteiger partial charge is 0.497 e. The van der Waals surface area contributed by atoms with E-state index in [9.17, 15) is 17.2 Å². The fourth-order valence-electron chi connectivity index (χ4n) is 4.45. The Hall–Kier alpha value is -2.49. The summed E-state index contributed by atoms with van der Waals surface area (Å²) in [6.45, 7) is -0.772. The predicted molar refractivity (Wildman–Crippen MR) is 123 cm³/mol. The normalized spacial score (nSPS) is 17.5. The monoisotopic (exact) mass is 478 g/mol. The molecular formula is C24H28F2N2O4S. The zero-order valence-corrected chi connectivity index (χ0v) is 19.3. The van der Waals surface area contributed by atoms with E-state index >= 15 is 0 Å². The third-order valence-electron chi connectivity index (χ3n) is 6.19. The molecular weight excluding hydrogens is 450 g/mol. The summed E-state index contributed by atoms with van der Waals surface area (Å²) in [7, 11) is -2.08. The lowest BCUT2D eigenvalue weighted by molar-refractivity contribution is -0.0498. The van der Waals surface area contributed by atoms with Gasteiger partial charge >= 0.3 is 6.61 Å². The van der Waals surface area contributed by atoms with Crippen LogP contribution in [0.4, 0.5) is 8.78 Å². The van der Waals surface area contributed by atoms with Crippen molar-refractivity contribution in [1.82, 2.24) is 9.62 Å². The lowest BCUT2D eigenvalue weighted by Crippen LogP contribution is -2.37. The van der Waals surface area contributed by atoms with Crippen molar-refractivity contribution in [3.63, 3.8) is 0 Å². The maximum Gasteiger partial charge on any atom is 0.387 e. The van der Waals surface area contributed by atoms with Gasteiger partial charge in [0.15, 0.2) is 0 Å². The highest BCUT2D eigenvalue weighted by molar-refractivity contribution is 7.93. The lowest BCUT2D eigenvalue weighted by Gasteiger charge is -2.28. The van der Waals surface area contributed by atoms with Crippen LogP contribution in [0.15, 0.2) is 47.4 Å². The molecule has 0 saturated carbocycles. The van der Waals surface area contributed by atoms with Crippen LogP contribution in [0.25, 0.3) is 6.08 Å². The Balaban J connectivity index is 1.50. The van der Waals surface area contributed by atoms with Gasteiger partial charge in [-0.3, -0.25) is 4.90 Å². The predicted octanol–water partition coefficient (Wildman–Crippen LogP) is 4.34. The number of likely N-dealkylation sites (tertiary alicyclic amines) is 1. The molecule has 6 nitrogen and oxygen atoms in total. The van der Waals surface area contributed by atoms with Crippen molar-refractivity contribution in [2.24, 2.45) is 0 Å². The van der Waals surface area contributed by atoms with Crippen LogP contribution in [-0.4, -0.2) is 46.7 Å². The van der Waals surface area contributed by atoms with Crippen molar-refractivity contribution in [2.45, 2.75) is 38.3 Å². The number of halogens is 2. The molecule has 9 heteroatoms. The Morgan fingerprint density at radius 3 is 2.39 bits per heavy atom. The van der Waals surface area contributed by atoms with Gasteiger partial charge in [-0.1, -0.05) is 18.2 Å². The lowest BCUT2D eigenvalue weighted by atomic mass is 9.97. The van der Waals surface area contributed by atoms with Gasteiger partial charge in [-0.25, -0.2) is 13.1 Å². The van der Waals surface area contributed by atoms with Crippen LogP contribution >= 0.6 is 0 Å². The Bertz CT molecular complexity index is 1100. The summed E-state index contributed by atoms with van der Waals surface area (Å²) in [4.78, 5) is 2.60. The van der Waals surface area contributed by atoms with Crippen LogP contribution in [0.3, 0.4) is 0 Å². The number of fused-ring (bicyclic) bond motifs is 1. The number of rotatable bonds is 9. The van der Waals surface area contributed by atoms with Crippen molar-refractivity contribution >= 4 is 16.1 Å². The van der Waals surface area contributed by atoms with Crippen molar-refractivity contribution in [3.8, 4) is 11.5 Å². The average molecular weight is 479 g/mol. The number of benzene rings is 2. The number of sulfonamides is 1. The topological polar surface area (TPSA) is 67.9 Å². The molecule has 1 N–H and O–H groups in total. The Morgan fingerprint density at radius 2 is 1.73 bits per heavy atom. The van der Waals surface area contributed by atoms with E-state index in [0.29, 0.717) is 23.3 Å².